The van der Waals surface area contributed by atoms with Gasteiger partial charge in [0.1, 0.15) is 0 Å². The van der Waals surface area contributed by atoms with Gasteiger partial charge in [-0.1, -0.05) is 30.3 Å². The van der Waals surface area contributed by atoms with Crippen molar-refractivity contribution in [3.05, 3.63) is 64.7 Å². The fraction of sp³-hybridized carbons (Fsp3) is 0.483. The van der Waals surface area contributed by atoms with Crippen LogP contribution in [0.15, 0.2) is 42.5 Å². The van der Waals surface area contributed by atoms with E-state index in [1.807, 2.05) is 0 Å². The Kier molecular flexibility index (Phi) is 11.5. The predicted molar refractivity (Wildman–Crippen MR) is 156 cm³/mol. The molecule has 0 unspecified atom stereocenters. The van der Waals surface area contributed by atoms with Crippen LogP contribution in [-0.2, 0) is 43.7 Å². The highest BCUT2D eigenvalue weighted by Crippen LogP contribution is 2.31. The standard InChI is InChI=1S/C29H39BF3N5O5/c1-28(2)21-5-3-4-19(26(21)30(42)43-28)17-24(39)23(16-18-6-8-20(9-7-18)29(31,32)33)37-27(41)22(36)10-11-25(40)38(14-12-34)15-13-35/h3-9,22-23,42H,10-17,34-36H2,1-2H3,(H,37,41)/t22-,23+/m0/s1. The largest absolute Gasteiger partial charge is 0.492 e. The molecule has 0 bridgehead atoms. The first kappa shape index (κ1) is 34.2. The summed E-state index contributed by atoms with van der Waals surface area (Å²) in [4.78, 5) is 40.7. The molecule has 0 fully saturated rings. The average Bonchev–Trinajstić information content (AvgIpc) is 3.19. The number of carbonyl (C=O) groups excluding carboxylic acids is 3. The number of fused-ring (bicyclic) bond motifs is 1. The van der Waals surface area contributed by atoms with Crippen molar-refractivity contribution in [2.75, 3.05) is 26.2 Å². The molecule has 1 aliphatic rings. The van der Waals surface area contributed by atoms with E-state index in [-0.39, 0.29) is 44.7 Å². The molecule has 0 spiro atoms. The molecule has 1 heterocycles. The summed E-state index contributed by atoms with van der Waals surface area (Å²) in [5.41, 5.74) is 17.6. The number of alkyl halides is 3. The highest BCUT2D eigenvalue weighted by Gasteiger charge is 2.42. The van der Waals surface area contributed by atoms with Crippen LogP contribution in [-0.4, -0.2) is 72.9 Å². The zero-order chi connectivity index (χ0) is 31.9. The van der Waals surface area contributed by atoms with E-state index in [9.17, 15) is 32.6 Å². The highest BCUT2D eigenvalue weighted by molar-refractivity contribution is 6.62. The minimum atomic E-state index is -4.53. The van der Waals surface area contributed by atoms with Crippen molar-refractivity contribution in [1.82, 2.24) is 10.2 Å². The molecule has 0 aromatic heterocycles. The normalized spacial score (nSPS) is 15.5. The van der Waals surface area contributed by atoms with Gasteiger partial charge in [-0.15, -0.1) is 0 Å². The van der Waals surface area contributed by atoms with E-state index in [1.165, 1.54) is 17.0 Å². The molecule has 1 aliphatic heterocycles. The first-order chi connectivity index (χ1) is 20.2. The summed E-state index contributed by atoms with van der Waals surface area (Å²) in [6, 6.07) is 7.22. The lowest BCUT2D eigenvalue weighted by molar-refractivity contribution is -0.137. The van der Waals surface area contributed by atoms with Crippen molar-refractivity contribution in [2.45, 2.75) is 63.4 Å². The van der Waals surface area contributed by atoms with Crippen molar-refractivity contribution < 1.29 is 37.2 Å². The Bertz CT molecular complexity index is 1290. The van der Waals surface area contributed by atoms with E-state index in [2.05, 4.69) is 5.32 Å². The molecule has 0 saturated heterocycles. The number of ketones is 1. The van der Waals surface area contributed by atoms with Gasteiger partial charge in [0, 0.05) is 39.0 Å². The van der Waals surface area contributed by atoms with Gasteiger partial charge in [-0.05, 0) is 61.0 Å². The smallest absolute Gasteiger partial charge is 0.423 e. The van der Waals surface area contributed by atoms with Crippen LogP contribution in [0, 0.1) is 0 Å². The Labute approximate surface area is 249 Å². The van der Waals surface area contributed by atoms with Gasteiger partial charge in [0.15, 0.2) is 5.78 Å². The Morgan fingerprint density at radius 3 is 2.28 bits per heavy atom. The number of hydrogen-bond donors (Lipinski definition) is 5. The van der Waals surface area contributed by atoms with E-state index >= 15 is 0 Å². The van der Waals surface area contributed by atoms with E-state index < -0.39 is 48.2 Å². The molecule has 0 aliphatic carbocycles. The molecule has 10 nitrogen and oxygen atoms in total. The van der Waals surface area contributed by atoms with Crippen LogP contribution in [0.5, 0.6) is 0 Å². The first-order valence-electron chi connectivity index (χ1n) is 14.1. The molecule has 2 atom stereocenters. The van der Waals surface area contributed by atoms with Crippen LogP contribution in [0.3, 0.4) is 0 Å². The number of Topliss-reactive ketones (excluding diaryl/α,β-unsaturated/α-hetero) is 1. The third-order valence-electron chi connectivity index (χ3n) is 7.45. The summed E-state index contributed by atoms with van der Waals surface area (Å²) in [6.45, 7) is 4.69. The molecule has 8 N–H and O–H groups in total. The van der Waals surface area contributed by atoms with Gasteiger partial charge in [-0.25, -0.2) is 0 Å². The van der Waals surface area contributed by atoms with Crippen LogP contribution >= 0.6 is 0 Å². The molecule has 14 heteroatoms. The summed E-state index contributed by atoms with van der Waals surface area (Å²) in [7, 11) is -1.25. The van der Waals surface area contributed by atoms with Crippen LogP contribution in [0.4, 0.5) is 13.2 Å². The molecule has 0 radical (unpaired) electrons. The quantitative estimate of drug-likeness (QED) is 0.192. The SMILES string of the molecule is CC1(C)OB(O)c2c(CC(=O)[C@@H](Cc3ccc(C(F)(F)F)cc3)NC(=O)[C@@H](N)CCC(=O)N(CCN)CCN)cccc21. The zero-order valence-corrected chi connectivity index (χ0v) is 24.3. The van der Waals surface area contributed by atoms with Crippen molar-refractivity contribution in [3.8, 4) is 0 Å². The van der Waals surface area contributed by atoms with Gasteiger partial charge in [0.05, 0.1) is 23.2 Å². The lowest BCUT2D eigenvalue weighted by Crippen LogP contribution is -2.50. The summed E-state index contributed by atoms with van der Waals surface area (Å²) < 4.78 is 44.9. The summed E-state index contributed by atoms with van der Waals surface area (Å²) in [5, 5.41) is 13.2. The lowest BCUT2D eigenvalue weighted by Gasteiger charge is -2.23. The minimum absolute atomic E-state index is 0.0116. The third-order valence-corrected chi connectivity index (χ3v) is 7.45. The van der Waals surface area contributed by atoms with Gasteiger partial charge in [0.2, 0.25) is 11.8 Å². The number of rotatable bonds is 14. The Balaban J connectivity index is 1.79. The maximum absolute atomic E-state index is 13.6. The predicted octanol–water partition coefficient (Wildman–Crippen LogP) is 0.351. The fourth-order valence-electron chi connectivity index (χ4n) is 5.13. The minimum Gasteiger partial charge on any atom is -0.423 e. The molecule has 0 saturated carbocycles. The van der Waals surface area contributed by atoms with E-state index in [1.54, 1.807) is 32.0 Å². The Morgan fingerprint density at radius 2 is 1.70 bits per heavy atom. The summed E-state index contributed by atoms with van der Waals surface area (Å²) >= 11 is 0. The maximum atomic E-state index is 13.6. The van der Waals surface area contributed by atoms with E-state index in [4.69, 9.17) is 21.9 Å². The van der Waals surface area contributed by atoms with Crippen LogP contribution in [0.25, 0.3) is 0 Å². The third kappa shape index (κ3) is 8.86. The van der Waals surface area contributed by atoms with E-state index in [0.717, 1.165) is 17.7 Å². The maximum Gasteiger partial charge on any atom is 0.492 e. The van der Waals surface area contributed by atoms with Crippen molar-refractivity contribution in [2.24, 2.45) is 17.2 Å². The summed E-state index contributed by atoms with van der Waals surface area (Å²) in [5.74, 6) is -1.40. The average molecular weight is 605 g/mol. The van der Waals surface area contributed by atoms with Crippen molar-refractivity contribution in [1.29, 1.82) is 0 Å². The highest BCUT2D eigenvalue weighted by atomic mass is 19.4. The second-order valence-electron chi connectivity index (χ2n) is 11.1. The van der Waals surface area contributed by atoms with Crippen molar-refractivity contribution in [3.63, 3.8) is 0 Å². The summed E-state index contributed by atoms with van der Waals surface area (Å²) in [6.07, 6.45) is -4.88. The number of nitrogens with two attached hydrogens (primary N) is 3. The number of halogens is 3. The first-order valence-corrected chi connectivity index (χ1v) is 14.1. The van der Waals surface area contributed by atoms with Crippen LogP contribution < -0.4 is 28.0 Å². The lowest BCUT2D eigenvalue weighted by atomic mass is 9.74. The number of benzene rings is 2. The molecule has 234 valence electrons. The monoisotopic (exact) mass is 605 g/mol. The van der Waals surface area contributed by atoms with E-state index in [0.29, 0.717) is 29.7 Å². The number of nitrogens with zero attached hydrogens (tertiary/aromatic N) is 1. The van der Waals surface area contributed by atoms with Gasteiger partial charge in [-0.2, -0.15) is 13.2 Å². The van der Waals surface area contributed by atoms with Crippen LogP contribution in [0.1, 0.15) is 48.9 Å². The van der Waals surface area contributed by atoms with Crippen LogP contribution in [0.2, 0.25) is 0 Å². The molecule has 2 aromatic carbocycles. The van der Waals surface area contributed by atoms with Gasteiger partial charge in [-0.3, -0.25) is 14.4 Å². The molecular weight excluding hydrogens is 566 g/mol. The number of carbonyl (C=O) groups is 3. The molecular formula is C29H39BF3N5O5. The molecule has 43 heavy (non-hydrogen) atoms. The van der Waals surface area contributed by atoms with Crippen molar-refractivity contribution >= 4 is 30.2 Å². The topological polar surface area (TPSA) is 174 Å². The van der Waals surface area contributed by atoms with Gasteiger partial charge < -0.3 is 37.1 Å². The zero-order valence-electron chi connectivity index (χ0n) is 24.3. The Morgan fingerprint density at radius 1 is 1.07 bits per heavy atom. The Hall–Kier alpha value is -3.30. The number of nitrogens with one attached hydrogen (secondary N) is 1. The second-order valence-corrected chi connectivity index (χ2v) is 11.1. The number of hydrogen-bond acceptors (Lipinski definition) is 8. The van der Waals surface area contributed by atoms with Gasteiger partial charge in [0.25, 0.3) is 0 Å². The molecule has 3 rings (SSSR count). The van der Waals surface area contributed by atoms with Gasteiger partial charge >= 0.3 is 13.3 Å². The molecule has 2 aromatic rings. The molecule has 2 amide bonds. The number of amides is 2. The second kappa shape index (κ2) is 14.5. The fourth-order valence-corrected chi connectivity index (χ4v) is 5.13.